The average molecular weight is 302 g/mol. The van der Waals surface area contributed by atoms with Crippen LogP contribution < -0.4 is 0 Å². The van der Waals surface area contributed by atoms with Crippen molar-refractivity contribution in [1.29, 1.82) is 0 Å². The summed E-state index contributed by atoms with van der Waals surface area (Å²) in [6.07, 6.45) is 1.75. The highest BCUT2D eigenvalue weighted by atomic mass is 35.5. The van der Waals surface area contributed by atoms with E-state index in [2.05, 4.69) is 15.1 Å². The Hall–Kier alpha value is -2.40. The van der Waals surface area contributed by atoms with Crippen molar-refractivity contribution in [2.24, 2.45) is 0 Å². The molecule has 3 rings (SSSR count). The zero-order chi connectivity index (χ0) is 15.0. The molecule has 0 saturated heterocycles. The van der Waals surface area contributed by atoms with Crippen molar-refractivity contribution in [1.82, 2.24) is 15.1 Å². The molecule has 5 nitrogen and oxygen atoms in total. The van der Waals surface area contributed by atoms with Gasteiger partial charge in [-0.2, -0.15) is 4.98 Å². The Bertz CT molecular complexity index is 814. The molecule has 2 heterocycles. The van der Waals surface area contributed by atoms with Crippen LogP contribution in [-0.4, -0.2) is 20.2 Å². The van der Waals surface area contributed by atoms with E-state index in [1.807, 2.05) is 19.9 Å². The number of benzene rings is 1. The largest absolute Gasteiger partial charge is 0.508 e. The van der Waals surface area contributed by atoms with Crippen LogP contribution in [0, 0.1) is 13.8 Å². The molecule has 0 saturated carbocycles. The molecule has 21 heavy (non-hydrogen) atoms. The molecule has 0 fully saturated rings. The van der Waals surface area contributed by atoms with Crippen LogP contribution in [-0.2, 0) is 0 Å². The van der Waals surface area contributed by atoms with Gasteiger partial charge in [0.25, 0.3) is 5.89 Å². The summed E-state index contributed by atoms with van der Waals surface area (Å²) in [5.74, 6) is 0.716. The van der Waals surface area contributed by atoms with Gasteiger partial charge in [-0.1, -0.05) is 22.8 Å². The van der Waals surface area contributed by atoms with Crippen LogP contribution in [0.1, 0.15) is 11.1 Å². The first-order chi connectivity index (χ1) is 10.0. The van der Waals surface area contributed by atoms with Crippen molar-refractivity contribution < 1.29 is 9.63 Å². The van der Waals surface area contributed by atoms with Gasteiger partial charge in [0.2, 0.25) is 5.82 Å². The first-order valence-corrected chi connectivity index (χ1v) is 6.68. The number of halogens is 1. The SMILES string of the molecule is Cc1cnc(-c2noc(-c3cc(O)ccc3Cl)n2)c(C)c1. The number of nitrogens with zero attached hydrogens (tertiary/aromatic N) is 3. The van der Waals surface area contributed by atoms with E-state index in [0.717, 1.165) is 11.1 Å². The molecule has 0 aliphatic heterocycles. The number of aromatic hydroxyl groups is 1. The molecule has 6 heteroatoms. The van der Waals surface area contributed by atoms with E-state index in [0.29, 0.717) is 22.1 Å². The maximum atomic E-state index is 9.54. The van der Waals surface area contributed by atoms with Gasteiger partial charge in [0, 0.05) is 6.20 Å². The van der Waals surface area contributed by atoms with E-state index in [4.69, 9.17) is 16.1 Å². The quantitative estimate of drug-likeness (QED) is 0.780. The number of phenols is 1. The molecule has 0 spiro atoms. The molecule has 1 N–H and O–H groups in total. The topological polar surface area (TPSA) is 72.0 Å². The van der Waals surface area contributed by atoms with E-state index in [1.54, 1.807) is 12.3 Å². The molecular formula is C15H12ClN3O2. The number of hydrogen-bond acceptors (Lipinski definition) is 5. The van der Waals surface area contributed by atoms with Gasteiger partial charge in [0.15, 0.2) is 0 Å². The summed E-state index contributed by atoms with van der Waals surface area (Å²) in [6, 6.07) is 6.55. The van der Waals surface area contributed by atoms with Gasteiger partial charge in [-0.3, -0.25) is 4.98 Å². The maximum Gasteiger partial charge on any atom is 0.259 e. The van der Waals surface area contributed by atoms with E-state index < -0.39 is 0 Å². The van der Waals surface area contributed by atoms with Crippen LogP contribution in [0.25, 0.3) is 23.0 Å². The van der Waals surface area contributed by atoms with Crippen LogP contribution in [0.15, 0.2) is 35.0 Å². The second-order valence-electron chi connectivity index (χ2n) is 4.77. The molecule has 0 amide bonds. The number of pyridine rings is 1. The van der Waals surface area contributed by atoms with Crippen LogP contribution in [0.2, 0.25) is 5.02 Å². The molecule has 1 aromatic carbocycles. The minimum atomic E-state index is 0.0822. The lowest BCUT2D eigenvalue weighted by molar-refractivity contribution is 0.431. The summed E-state index contributed by atoms with van der Waals surface area (Å²) >= 11 is 6.08. The highest BCUT2D eigenvalue weighted by molar-refractivity contribution is 6.33. The fourth-order valence-electron chi connectivity index (χ4n) is 2.06. The molecule has 0 unspecified atom stereocenters. The lowest BCUT2D eigenvalue weighted by Gasteiger charge is -2.00. The first-order valence-electron chi connectivity index (χ1n) is 6.31. The van der Waals surface area contributed by atoms with Gasteiger partial charge < -0.3 is 9.63 Å². The Morgan fingerprint density at radius 2 is 2.00 bits per heavy atom. The molecular weight excluding hydrogens is 290 g/mol. The van der Waals surface area contributed by atoms with Gasteiger partial charge in [-0.15, -0.1) is 0 Å². The average Bonchev–Trinajstić information content (AvgIpc) is 2.91. The number of rotatable bonds is 2. The van der Waals surface area contributed by atoms with Crippen LogP contribution >= 0.6 is 11.6 Å². The normalized spacial score (nSPS) is 10.8. The lowest BCUT2D eigenvalue weighted by Crippen LogP contribution is -1.91. The van der Waals surface area contributed by atoms with Crippen molar-refractivity contribution in [3.8, 4) is 28.7 Å². The molecule has 2 aromatic heterocycles. The minimum absolute atomic E-state index is 0.0822. The van der Waals surface area contributed by atoms with E-state index in [9.17, 15) is 5.11 Å². The van der Waals surface area contributed by atoms with Crippen LogP contribution in [0.3, 0.4) is 0 Å². The predicted octanol–water partition coefficient (Wildman–Crippen LogP) is 3.77. The first kappa shape index (κ1) is 13.6. The fraction of sp³-hybridized carbons (Fsp3) is 0.133. The van der Waals surface area contributed by atoms with Gasteiger partial charge in [-0.05, 0) is 43.2 Å². The van der Waals surface area contributed by atoms with E-state index in [-0.39, 0.29) is 11.6 Å². The molecule has 0 radical (unpaired) electrons. The lowest BCUT2D eigenvalue weighted by atomic mass is 10.1. The van der Waals surface area contributed by atoms with E-state index in [1.165, 1.54) is 12.1 Å². The molecule has 3 aromatic rings. The predicted molar refractivity (Wildman–Crippen MR) is 79.1 cm³/mol. The molecule has 106 valence electrons. The highest BCUT2D eigenvalue weighted by Crippen LogP contribution is 2.31. The Labute approximate surface area is 126 Å². The fourth-order valence-corrected chi connectivity index (χ4v) is 2.25. The third-order valence-corrected chi connectivity index (χ3v) is 3.36. The van der Waals surface area contributed by atoms with Gasteiger partial charge in [0.1, 0.15) is 11.4 Å². The standard InChI is InChI=1S/C15H12ClN3O2/c1-8-5-9(2)13(17-7-8)14-18-15(21-19-14)11-6-10(20)3-4-12(11)16/h3-7,20H,1-2H3. The molecule has 0 bridgehead atoms. The maximum absolute atomic E-state index is 9.54. The minimum Gasteiger partial charge on any atom is -0.508 e. The van der Waals surface area contributed by atoms with Crippen LogP contribution in [0.5, 0.6) is 5.75 Å². The van der Waals surface area contributed by atoms with Gasteiger partial charge in [0.05, 0.1) is 10.6 Å². The van der Waals surface area contributed by atoms with Crippen molar-refractivity contribution >= 4 is 11.6 Å². The summed E-state index contributed by atoms with van der Waals surface area (Å²) in [4.78, 5) is 8.64. The number of phenolic OH excluding ortho intramolecular Hbond substituents is 1. The third-order valence-electron chi connectivity index (χ3n) is 3.03. The summed E-state index contributed by atoms with van der Waals surface area (Å²) in [6.45, 7) is 3.91. The Morgan fingerprint density at radius 1 is 1.19 bits per heavy atom. The summed E-state index contributed by atoms with van der Waals surface area (Å²) < 4.78 is 5.23. The summed E-state index contributed by atoms with van der Waals surface area (Å²) in [5.41, 5.74) is 3.17. The van der Waals surface area contributed by atoms with Crippen molar-refractivity contribution in [3.05, 3.63) is 46.6 Å². The molecule has 0 aliphatic rings. The van der Waals surface area contributed by atoms with Crippen molar-refractivity contribution in [2.45, 2.75) is 13.8 Å². The Balaban J connectivity index is 2.06. The zero-order valence-corrected chi connectivity index (χ0v) is 12.2. The van der Waals surface area contributed by atoms with Crippen LogP contribution in [0.4, 0.5) is 0 Å². The van der Waals surface area contributed by atoms with Crippen molar-refractivity contribution in [3.63, 3.8) is 0 Å². The van der Waals surface area contributed by atoms with Gasteiger partial charge >= 0.3 is 0 Å². The van der Waals surface area contributed by atoms with E-state index >= 15 is 0 Å². The van der Waals surface area contributed by atoms with Gasteiger partial charge in [-0.25, -0.2) is 0 Å². The Kier molecular flexibility index (Phi) is 3.35. The smallest absolute Gasteiger partial charge is 0.259 e. The van der Waals surface area contributed by atoms with Crippen molar-refractivity contribution in [2.75, 3.05) is 0 Å². The monoisotopic (exact) mass is 301 g/mol. The highest BCUT2D eigenvalue weighted by Gasteiger charge is 2.16. The summed E-state index contributed by atoms with van der Waals surface area (Å²) in [5, 5.41) is 13.9. The second-order valence-corrected chi connectivity index (χ2v) is 5.17. The Morgan fingerprint density at radius 3 is 2.76 bits per heavy atom. The summed E-state index contributed by atoms with van der Waals surface area (Å²) in [7, 11) is 0. The second kappa shape index (κ2) is 5.18. The number of hydrogen-bond donors (Lipinski definition) is 1. The number of aryl methyl sites for hydroxylation is 2. The molecule has 0 atom stereocenters. The zero-order valence-electron chi connectivity index (χ0n) is 11.5. The number of aromatic nitrogens is 3. The third kappa shape index (κ3) is 2.60. The molecule has 0 aliphatic carbocycles.